The van der Waals surface area contributed by atoms with Crippen molar-refractivity contribution in [1.82, 2.24) is 15.2 Å². The molecule has 0 aliphatic rings. The monoisotopic (exact) mass is 318 g/mol. The smallest absolute Gasteiger partial charge is 0.209 e. The van der Waals surface area contributed by atoms with Crippen LogP contribution in [0.2, 0.25) is 5.02 Å². The quantitative estimate of drug-likeness (QED) is 0.639. The zero-order valence-corrected chi connectivity index (χ0v) is 13.2. The number of nitrogens with zero attached hydrogens (tertiary/aromatic N) is 3. The fourth-order valence-electron chi connectivity index (χ4n) is 1.49. The van der Waals surface area contributed by atoms with Crippen molar-refractivity contribution in [2.45, 2.75) is 12.1 Å². The predicted molar refractivity (Wildman–Crippen MR) is 89.6 cm³/mol. The average Bonchev–Trinajstić information content (AvgIpc) is 2.50. The van der Waals surface area contributed by atoms with E-state index in [1.54, 1.807) is 0 Å². The van der Waals surface area contributed by atoms with Gasteiger partial charge in [-0.1, -0.05) is 29.4 Å². The largest absolute Gasteiger partial charge is 0.362 e. The van der Waals surface area contributed by atoms with Crippen LogP contribution in [0, 0.1) is 6.92 Å². The molecule has 0 aliphatic carbocycles. The Labute approximate surface area is 133 Å². The van der Waals surface area contributed by atoms with Gasteiger partial charge in [0.25, 0.3) is 0 Å². The molecule has 0 atom stereocenters. The maximum Gasteiger partial charge on any atom is 0.209 e. The van der Waals surface area contributed by atoms with E-state index in [1.807, 2.05) is 49.5 Å². The fourth-order valence-corrected chi connectivity index (χ4v) is 2.15. The molecule has 21 heavy (non-hydrogen) atoms. The number of thioether (sulfide) groups is 1. The van der Waals surface area contributed by atoms with Gasteiger partial charge in [0.15, 0.2) is 0 Å². The maximum absolute atomic E-state index is 5.84. The summed E-state index contributed by atoms with van der Waals surface area (Å²) in [4.78, 5) is 4.45. The van der Waals surface area contributed by atoms with Gasteiger partial charge in [-0.3, -0.25) is 0 Å². The molecule has 6 heteroatoms. The van der Waals surface area contributed by atoms with Crippen molar-refractivity contribution in [1.29, 1.82) is 0 Å². The molecular weight excluding hydrogens is 304 g/mol. The van der Waals surface area contributed by atoms with Crippen LogP contribution in [0.3, 0.4) is 0 Å². The highest BCUT2D eigenvalue weighted by Crippen LogP contribution is 2.15. The summed E-state index contributed by atoms with van der Waals surface area (Å²) in [5.74, 6) is 0.761. The highest BCUT2D eigenvalue weighted by Gasteiger charge is 2.02. The Morgan fingerprint density at radius 2 is 2.05 bits per heavy atom. The number of anilines is 1. The molecular formula is C15H15ClN4S. The van der Waals surface area contributed by atoms with Gasteiger partial charge in [0, 0.05) is 22.7 Å². The topological polar surface area (TPSA) is 50.7 Å². The van der Waals surface area contributed by atoms with Gasteiger partial charge >= 0.3 is 0 Å². The van der Waals surface area contributed by atoms with Gasteiger partial charge in [-0.05, 0) is 37.3 Å². The molecule has 1 aromatic carbocycles. The third-order valence-electron chi connectivity index (χ3n) is 2.54. The average molecular weight is 319 g/mol. The number of hydrogen-bond donors (Lipinski definition) is 1. The number of rotatable bonds is 6. The number of nitrogens with one attached hydrogen (secondary N) is 1. The summed E-state index contributed by atoms with van der Waals surface area (Å²) in [5, 5.41) is 12.7. The molecule has 0 saturated heterocycles. The summed E-state index contributed by atoms with van der Waals surface area (Å²) >= 11 is 7.34. The first-order chi connectivity index (χ1) is 10.2. The van der Waals surface area contributed by atoms with E-state index < -0.39 is 0 Å². The van der Waals surface area contributed by atoms with Crippen molar-refractivity contribution < 1.29 is 0 Å². The van der Waals surface area contributed by atoms with Gasteiger partial charge in [-0.2, -0.15) is 5.10 Å². The van der Waals surface area contributed by atoms with Crippen molar-refractivity contribution in [3.8, 4) is 0 Å². The minimum atomic E-state index is 0.645. The van der Waals surface area contributed by atoms with Crippen molar-refractivity contribution >= 4 is 35.1 Å². The van der Waals surface area contributed by atoms with E-state index in [0.717, 1.165) is 22.8 Å². The molecule has 1 aromatic heterocycles. The van der Waals surface area contributed by atoms with Crippen LogP contribution in [-0.2, 0) is 0 Å². The molecule has 0 radical (unpaired) electrons. The van der Waals surface area contributed by atoms with Gasteiger partial charge in [0.1, 0.15) is 0 Å². The van der Waals surface area contributed by atoms with Gasteiger partial charge in [-0.25, -0.2) is 4.98 Å². The molecule has 0 unspecified atom stereocenters. The van der Waals surface area contributed by atoms with Gasteiger partial charge in [0.2, 0.25) is 5.16 Å². The minimum Gasteiger partial charge on any atom is -0.362 e. The van der Waals surface area contributed by atoms with E-state index in [4.69, 9.17) is 11.6 Å². The fraction of sp³-hybridized carbons (Fsp3) is 0.133. The summed E-state index contributed by atoms with van der Waals surface area (Å²) in [5.41, 5.74) is 2.53. The first-order valence-corrected chi connectivity index (χ1v) is 7.69. The van der Waals surface area contributed by atoms with Gasteiger partial charge in [-0.15, -0.1) is 11.7 Å². The third kappa shape index (κ3) is 4.88. The molecule has 108 valence electrons. The van der Waals surface area contributed by atoms with Crippen molar-refractivity contribution in [3.63, 3.8) is 0 Å². The third-order valence-corrected chi connectivity index (χ3v) is 3.62. The second kappa shape index (κ2) is 7.81. The lowest BCUT2D eigenvalue weighted by atomic mass is 10.3. The van der Waals surface area contributed by atoms with Gasteiger partial charge in [0.05, 0.1) is 11.4 Å². The molecule has 0 bridgehead atoms. The lowest BCUT2D eigenvalue weighted by molar-refractivity contribution is 0.807. The predicted octanol–water partition coefficient (Wildman–Crippen LogP) is 4.19. The zero-order chi connectivity index (χ0) is 15.1. The highest BCUT2D eigenvalue weighted by molar-refractivity contribution is 7.99. The molecule has 1 heterocycles. The summed E-state index contributed by atoms with van der Waals surface area (Å²) in [6.07, 6.45) is 5.50. The van der Waals surface area contributed by atoms with Crippen LogP contribution in [0.25, 0.3) is 6.08 Å². The summed E-state index contributed by atoms with van der Waals surface area (Å²) in [6.45, 7) is 5.55. The van der Waals surface area contributed by atoms with Crippen LogP contribution in [0.4, 0.5) is 5.69 Å². The molecule has 0 fully saturated rings. The molecule has 2 rings (SSSR count). The Hall–Kier alpha value is -1.85. The number of benzene rings is 1. The summed E-state index contributed by atoms with van der Waals surface area (Å²) < 4.78 is 0. The van der Waals surface area contributed by atoms with Crippen LogP contribution < -0.4 is 5.32 Å². The number of aryl methyl sites for hydroxylation is 1. The Morgan fingerprint density at radius 1 is 1.29 bits per heavy atom. The SMILES string of the molecule is C=CCSc1nnc(C)c(C=CNc2ccc(Cl)cc2)n1. The van der Waals surface area contributed by atoms with Crippen molar-refractivity contribution in [2.24, 2.45) is 0 Å². The van der Waals surface area contributed by atoms with E-state index in [0.29, 0.717) is 10.2 Å². The molecule has 2 aromatic rings. The van der Waals surface area contributed by atoms with Gasteiger partial charge < -0.3 is 5.32 Å². The van der Waals surface area contributed by atoms with E-state index in [-0.39, 0.29) is 0 Å². The van der Waals surface area contributed by atoms with Crippen LogP contribution in [-0.4, -0.2) is 20.9 Å². The zero-order valence-electron chi connectivity index (χ0n) is 11.6. The van der Waals surface area contributed by atoms with E-state index >= 15 is 0 Å². The molecule has 0 spiro atoms. The molecule has 0 aliphatic heterocycles. The first-order valence-electron chi connectivity index (χ1n) is 6.32. The Morgan fingerprint density at radius 3 is 2.76 bits per heavy atom. The Kier molecular flexibility index (Phi) is 5.78. The molecule has 1 N–H and O–H groups in total. The normalized spacial score (nSPS) is 10.8. The van der Waals surface area contributed by atoms with Crippen LogP contribution in [0.5, 0.6) is 0 Å². The second-order valence-corrected chi connectivity index (χ2v) is 5.57. The van der Waals surface area contributed by atoms with E-state index in [2.05, 4.69) is 27.1 Å². The van der Waals surface area contributed by atoms with Crippen LogP contribution in [0.1, 0.15) is 11.4 Å². The van der Waals surface area contributed by atoms with Crippen LogP contribution >= 0.6 is 23.4 Å². The van der Waals surface area contributed by atoms with Crippen molar-refractivity contribution in [3.05, 3.63) is 59.5 Å². The lowest BCUT2D eigenvalue weighted by Crippen LogP contribution is -1.98. The summed E-state index contributed by atoms with van der Waals surface area (Å²) in [6, 6.07) is 7.48. The highest BCUT2D eigenvalue weighted by atomic mass is 35.5. The number of aromatic nitrogens is 3. The Balaban J connectivity index is 2.05. The molecule has 4 nitrogen and oxygen atoms in total. The minimum absolute atomic E-state index is 0.645. The lowest BCUT2D eigenvalue weighted by Gasteiger charge is -2.02. The molecule has 0 saturated carbocycles. The van der Waals surface area contributed by atoms with Crippen molar-refractivity contribution in [2.75, 3.05) is 11.1 Å². The first kappa shape index (κ1) is 15.5. The maximum atomic E-state index is 5.84. The Bertz CT molecular complexity index is 641. The number of hydrogen-bond acceptors (Lipinski definition) is 5. The number of halogens is 1. The summed E-state index contributed by atoms with van der Waals surface area (Å²) in [7, 11) is 0. The van der Waals surface area contributed by atoms with Crippen LogP contribution in [0.15, 0.2) is 48.3 Å². The standard InChI is InChI=1S/C15H15ClN4S/c1-3-10-21-15-18-14(11(2)19-20-15)8-9-17-13-6-4-12(16)5-7-13/h3-9,17H,1,10H2,2H3. The molecule has 0 amide bonds. The second-order valence-electron chi connectivity index (χ2n) is 4.15. The van der Waals surface area contributed by atoms with E-state index in [1.165, 1.54) is 11.8 Å². The van der Waals surface area contributed by atoms with E-state index in [9.17, 15) is 0 Å².